The fourth-order valence-corrected chi connectivity index (χ4v) is 1.16. The normalized spacial score (nSPS) is 24.1. The summed E-state index contributed by atoms with van der Waals surface area (Å²) < 4.78 is 9.82. The van der Waals surface area contributed by atoms with Crippen molar-refractivity contribution >= 4 is 24.0 Å². The van der Waals surface area contributed by atoms with Crippen LogP contribution >= 0.6 is 24.0 Å². The van der Waals surface area contributed by atoms with Crippen molar-refractivity contribution in [2.45, 2.75) is 33.0 Å². The maximum absolute atomic E-state index is 5.11. The molecule has 1 aromatic rings. The van der Waals surface area contributed by atoms with Gasteiger partial charge in [0.15, 0.2) is 0 Å². The lowest BCUT2D eigenvalue weighted by Gasteiger charge is -1.93. The van der Waals surface area contributed by atoms with Crippen molar-refractivity contribution in [2.75, 3.05) is 13.2 Å². The topological polar surface area (TPSA) is 25.1 Å². The third-order valence-corrected chi connectivity index (χ3v) is 2.21. The molecule has 0 saturated carbocycles. The van der Waals surface area contributed by atoms with E-state index < -0.39 is 0 Å². The maximum atomic E-state index is 5.11. The van der Waals surface area contributed by atoms with E-state index in [0.717, 1.165) is 19.6 Å². The van der Waals surface area contributed by atoms with E-state index in [-0.39, 0.29) is 31.4 Å². The van der Waals surface area contributed by atoms with Crippen LogP contribution in [0.4, 0.5) is 0 Å². The monoisotopic (exact) mass is 336 g/mol. The molecule has 0 spiro atoms. The second-order valence-electron chi connectivity index (χ2n) is 3.79. The summed E-state index contributed by atoms with van der Waals surface area (Å²) in [4.78, 5) is 0. The molecule has 0 bridgehead atoms. The highest BCUT2D eigenvalue weighted by molar-refractivity contribution is 14.0. The summed E-state index contributed by atoms with van der Waals surface area (Å²) in [5.74, 6) is 0. The van der Waals surface area contributed by atoms with Crippen molar-refractivity contribution in [1.82, 2.24) is 0 Å². The largest absolute Gasteiger partial charge is 0.373 e. The van der Waals surface area contributed by atoms with Gasteiger partial charge in [0.2, 0.25) is 0 Å². The van der Waals surface area contributed by atoms with Crippen LogP contribution in [-0.2, 0) is 15.9 Å². The first-order valence-corrected chi connectivity index (χ1v) is 5.12. The van der Waals surface area contributed by atoms with Crippen molar-refractivity contribution in [3.63, 3.8) is 0 Å². The van der Waals surface area contributed by atoms with Gasteiger partial charge in [0, 0.05) is 6.42 Å². The van der Waals surface area contributed by atoms with Crippen LogP contribution in [0.1, 0.15) is 19.9 Å². The molecule has 3 rings (SSSR count). The third kappa shape index (κ3) is 7.19. The molecule has 0 aliphatic carbocycles. The highest BCUT2D eigenvalue weighted by Crippen LogP contribution is 2.15. The van der Waals surface area contributed by atoms with E-state index in [2.05, 4.69) is 31.2 Å². The van der Waals surface area contributed by atoms with Crippen molar-refractivity contribution in [2.24, 2.45) is 0 Å². The Balaban J connectivity index is 0.000000325. The summed E-state index contributed by atoms with van der Waals surface area (Å²) in [6.45, 7) is 3.99. The van der Waals surface area contributed by atoms with Crippen LogP contribution in [0.3, 0.4) is 0 Å². The Bertz CT molecular complexity index is 269. The zero-order chi connectivity index (χ0) is 9.80. The predicted octanol–water partition coefficient (Wildman–Crippen LogP) is 3.29. The molecule has 2 saturated heterocycles. The van der Waals surface area contributed by atoms with E-state index in [1.54, 1.807) is 0 Å². The standard InChI is InChI=1S/C9H10O.C3H6O.CH4.HI/c1-2-4-8(5-3-1)6-9-7-10-9;1-3-2-4-3;;/h1-5,9H,6-7H2;3H,2H2,1H3;1H4;1H. The second-order valence-corrected chi connectivity index (χ2v) is 3.79. The minimum Gasteiger partial charge on any atom is -0.373 e. The van der Waals surface area contributed by atoms with Gasteiger partial charge < -0.3 is 9.47 Å². The lowest BCUT2D eigenvalue weighted by molar-refractivity contribution is 0.407. The first-order chi connectivity index (χ1) is 6.84. The molecule has 92 valence electrons. The van der Waals surface area contributed by atoms with Gasteiger partial charge in [-0.1, -0.05) is 37.8 Å². The third-order valence-electron chi connectivity index (χ3n) is 2.21. The molecule has 16 heavy (non-hydrogen) atoms. The van der Waals surface area contributed by atoms with E-state index >= 15 is 0 Å². The number of hydrogen-bond acceptors (Lipinski definition) is 2. The Kier molecular flexibility index (Phi) is 7.97. The summed E-state index contributed by atoms with van der Waals surface area (Å²) in [5.41, 5.74) is 1.38. The number of benzene rings is 1. The van der Waals surface area contributed by atoms with Gasteiger partial charge in [-0.3, -0.25) is 0 Å². The average molecular weight is 336 g/mol. The van der Waals surface area contributed by atoms with Crippen LogP contribution in [0.5, 0.6) is 0 Å². The molecule has 2 unspecified atom stereocenters. The zero-order valence-electron chi connectivity index (χ0n) is 8.89. The Hall–Kier alpha value is -0.130. The van der Waals surface area contributed by atoms with Crippen molar-refractivity contribution in [1.29, 1.82) is 0 Å². The number of rotatable bonds is 2. The molecule has 0 radical (unpaired) electrons. The van der Waals surface area contributed by atoms with Crippen molar-refractivity contribution < 1.29 is 9.47 Å². The molecule has 2 nitrogen and oxygen atoms in total. The van der Waals surface area contributed by atoms with Crippen LogP contribution < -0.4 is 0 Å². The molecular formula is C13H21IO2. The van der Waals surface area contributed by atoms with Crippen molar-refractivity contribution in [3.8, 4) is 0 Å². The van der Waals surface area contributed by atoms with Crippen LogP contribution in [0, 0.1) is 0 Å². The van der Waals surface area contributed by atoms with Crippen LogP contribution in [0.25, 0.3) is 0 Å². The first-order valence-electron chi connectivity index (χ1n) is 5.12. The van der Waals surface area contributed by atoms with Gasteiger partial charge in [0.1, 0.15) is 0 Å². The van der Waals surface area contributed by atoms with Gasteiger partial charge in [-0.2, -0.15) is 0 Å². The Morgan fingerprint density at radius 2 is 1.62 bits per heavy atom. The Morgan fingerprint density at radius 3 is 2.00 bits per heavy atom. The van der Waals surface area contributed by atoms with Crippen LogP contribution in [0.2, 0.25) is 0 Å². The molecule has 3 heteroatoms. The Labute approximate surface area is 115 Å². The summed E-state index contributed by atoms with van der Waals surface area (Å²) in [6, 6.07) is 10.5. The molecule has 0 N–H and O–H groups in total. The lowest BCUT2D eigenvalue weighted by atomic mass is 10.1. The summed E-state index contributed by atoms with van der Waals surface area (Å²) in [5, 5.41) is 0. The fraction of sp³-hybridized carbons (Fsp3) is 0.538. The smallest absolute Gasteiger partial charge is 0.0850 e. The summed E-state index contributed by atoms with van der Waals surface area (Å²) >= 11 is 0. The molecule has 0 amide bonds. The van der Waals surface area contributed by atoms with Gasteiger partial charge in [-0.25, -0.2) is 0 Å². The molecule has 2 atom stereocenters. The zero-order valence-corrected chi connectivity index (χ0v) is 11.2. The molecule has 2 heterocycles. The minimum absolute atomic E-state index is 0. The molecule has 2 aliphatic rings. The van der Waals surface area contributed by atoms with Gasteiger partial charge >= 0.3 is 0 Å². The van der Waals surface area contributed by atoms with Gasteiger partial charge in [0.25, 0.3) is 0 Å². The maximum Gasteiger partial charge on any atom is 0.0850 e. The highest BCUT2D eigenvalue weighted by Gasteiger charge is 2.21. The molecular weight excluding hydrogens is 315 g/mol. The average Bonchev–Trinajstić information content (AvgIpc) is 3.07. The first kappa shape index (κ1) is 15.9. The fourth-order valence-electron chi connectivity index (χ4n) is 1.16. The van der Waals surface area contributed by atoms with Gasteiger partial charge in [0.05, 0.1) is 25.4 Å². The van der Waals surface area contributed by atoms with Gasteiger partial charge in [-0.15, -0.1) is 24.0 Å². The number of ether oxygens (including phenoxy) is 2. The summed E-state index contributed by atoms with van der Waals surface area (Å²) in [7, 11) is 0. The number of hydrogen-bond donors (Lipinski definition) is 0. The SMILES string of the molecule is C.CC1CO1.I.c1ccc(CC2CO2)cc1. The lowest BCUT2D eigenvalue weighted by Crippen LogP contribution is -1.90. The number of epoxide rings is 2. The minimum atomic E-state index is 0. The van der Waals surface area contributed by atoms with Crippen LogP contribution in [-0.4, -0.2) is 25.4 Å². The molecule has 1 aromatic carbocycles. The van der Waals surface area contributed by atoms with Gasteiger partial charge in [-0.05, 0) is 12.5 Å². The van der Waals surface area contributed by atoms with E-state index in [1.807, 2.05) is 6.07 Å². The Morgan fingerprint density at radius 1 is 1.12 bits per heavy atom. The summed E-state index contributed by atoms with van der Waals surface area (Å²) in [6.07, 6.45) is 2.18. The van der Waals surface area contributed by atoms with E-state index in [1.165, 1.54) is 5.56 Å². The molecule has 0 aromatic heterocycles. The quantitative estimate of drug-likeness (QED) is 0.612. The van der Waals surface area contributed by atoms with E-state index in [9.17, 15) is 0 Å². The number of halogens is 1. The molecule has 2 aliphatic heterocycles. The van der Waals surface area contributed by atoms with E-state index in [0.29, 0.717) is 12.2 Å². The predicted molar refractivity (Wildman–Crippen MR) is 77.4 cm³/mol. The molecule has 2 fully saturated rings. The van der Waals surface area contributed by atoms with E-state index in [4.69, 9.17) is 9.47 Å². The highest BCUT2D eigenvalue weighted by atomic mass is 127. The second kappa shape index (κ2) is 8.03. The van der Waals surface area contributed by atoms with Crippen molar-refractivity contribution in [3.05, 3.63) is 35.9 Å². The van der Waals surface area contributed by atoms with Crippen LogP contribution in [0.15, 0.2) is 30.3 Å².